The Morgan fingerprint density at radius 2 is 1.33 bits per heavy atom. The molecule has 0 radical (unpaired) electrons. The topological polar surface area (TPSA) is 0 Å². The molecule has 64 valence electrons. The van der Waals surface area contributed by atoms with Crippen molar-refractivity contribution in [3.63, 3.8) is 0 Å². The van der Waals surface area contributed by atoms with Gasteiger partial charge < -0.3 is 0 Å². The zero-order valence-corrected chi connectivity index (χ0v) is 10.3. The van der Waals surface area contributed by atoms with Crippen molar-refractivity contribution < 1.29 is 28.3 Å². The SMILES string of the molecule is Fc1cccc(F)c1F.[Cl][Zn][Cl]. The summed E-state index contributed by atoms with van der Waals surface area (Å²) in [5.41, 5.74) is 0. The van der Waals surface area contributed by atoms with E-state index in [1.54, 1.807) is 0 Å². The maximum absolute atomic E-state index is 12.0. The van der Waals surface area contributed by atoms with Gasteiger partial charge in [-0.15, -0.1) is 0 Å². The molecule has 0 spiro atoms. The molecule has 0 bridgehead atoms. The summed E-state index contributed by atoms with van der Waals surface area (Å²) in [5.74, 6) is -3.73. The maximum atomic E-state index is 12.0. The van der Waals surface area contributed by atoms with Crippen molar-refractivity contribution in [3.05, 3.63) is 35.7 Å². The quantitative estimate of drug-likeness (QED) is 0.499. The minimum absolute atomic E-state index is 0.860. The Morgan fingerprint density at radius 3 is 1.58 bits per heavy atom. The fourth-order valence-corrected chi connectivity index (χ4v) is 0.477. The van der Waals surface area contributed by atoms with Gasteiger partial charge in [0.15, 0.2) is 17.5 Å². The fourth-order valence-electron chi connectivity index (χ4n) is 0.477. The van der Waals surface area contributed by atoms with E-state index in [0.717, 1.165) is 18.2 Å². The first-order chi connectivity index (χ1) is 5.63. The first-order valence-corrected chi connectivity index (χ1v) is 10.6. The van der Waals surface area contributed by atoms with E-state index in [9.17, 15) is 13.2 Å². The molecule has 0 aliphatic carbocycles. The van der Waals surface area contributed by atoms with Crippen molar-refractivity contribution >= 4 is 19.4 Å². The van der Waals surface area contributed by atoms with E-state index >= 15 is 0 Å². The summed E-state index contributed by atoms with van der Waals surface area (Å²) in [7, 11) is 9.90. The van der Waals surface area contributed by atoms with E-state index < -0.39 is 32.6 Å². The summed E-state index contributed by atoms with van der Waals surface area (Å²) in [5, 5.41) is 0. The van der Waals surface area contributed by atoms with Crippen LogP contribution in [0.4, 0.5) is 13.2 Å². The molecule has 0 N–H and O–H groups in total. The van der Waals surface area contributed by atoms with Gasteiger partial charge in [-0.2, -0.15) is 0 Å². The van der Waals surface area contributed by atoms with Crippen molar-refractivity contribution in [2.45, 2.75) is 0 Å². The second kappa shape index (κ2) is 6.70. The molecule has 0 saturated carbocycles. The van der Waals surface area contributed by atoms with E-state index in [0.29, 0.717) is 0 Å². The van der Waals surface area contributed by atoms with Crippen molar-refractivity contribution in [1.82, 2.24) is 0 Å². The molecule has 1 aromatic carbocycles. The Hall–Kier alpha value is 0.213. The zero-order chi connectivity index (χ0) is 9.56. The molecule has 1 rings (SSSR count). The molecular formula is C6H3Cl2F3Zn. The van der Waals surface area contributed by atoms with Gasteiger partial charge in [0.25, 0.3) is 0 Å². The Balaban J connectivity index is 0.000000354. The molecule has 0 heterocycles. The number of hydrogen-bond acceptors (Lipinski definition) is 0. The second-order valence-electron chi connectivity index (χ2n) is 1.64. The van der Waals surface area contributed by atoms with Gasteiger partial charge in [-0.3, -0.25) is 0 Å². The molecule has 0 aromatic heterocycles. The summed E-state index contributed by atoms with van der Waals surface area (Å²) in [6.07, 6.45) is 0. The van der Waals surface area contributed by atoms with Crippen LogP contribution in [0.5, 0.6) is 0 Å². The van der Waals surface area contributed by atoms with Gasteiger partial charge in [-0.1, -0.05) is 6.07 Å². The molecule has 0 unspecified atom stereocenters. The van der Waals surface area contributed by atoms with Gasteiger partial charge in [-0.05, 0) is 12.1 Å². The van der Waals surface area contributed by atoms with Gasteiger partial charge in [0, 0.05) is 0 Å². The number of hydrogen-bond donors (Lipinski definition) is 0. The predicted octanol–water partition coefficient (Wildman–Crippen LogP) is 3.48. The van der Waals surface area contributed by atoms with Crippen LogP contribution in [0.1, 0.15) is 0 Å². The van der Waals surface area contributed by atoms with E-state index in [-0.39, 0.29) is 0 Å². The zero-order valence-electron chi connectivity index (χ0n) is 5.83. The van der Waals surface area contributed by atoms with Crippen molar-refractivity contribution in [2.75, 3.05) is 0 Å². The van der Waals surface area contributed by atoms with Gasteiger partial charge in [-0.25, -0.2) is 13.2 Å². The van der Waals surface area contributed by atoms with Gasteiger partial charge in [0.1, 0.15) is 0 Å². The van der Waals surface area contributed by atoms with Crippen LogP contribution < -0.4 is 0 Å². The molecular weight excluding hydrogens is 265 g/mol. The molecule has 12 heavy (non-hydrogen) atoms. The average molecular weight is 268 g/mol. The summed E-state index contributed by atoms with van der Waals surface area (Å²) >= 11 is -0.931. The number of rotatable bonds is 0. The van der Waals surface area contributed by atoms with E-state index in [1.165, 1.54) is 0 Å². The summed E-state index contributed by atoms with van der Waals surface area (Å²) < 4.78 is 35.9. The third kappa shape index (κ3) is 4.29. The third-order valence-corrected chi connectivity index (χ3v) is 0.904. The van der Waals surface area contributed by atoms with Crippen LogP contribution in [0, 0.1) is 17.5 Å². The van der Waals surface area contributed by atoms with E-state index in [4.69, 9.17) is 19.4 Å². The predicted molar refractivity (Wildman–Crippen MR) is 38.0 cm³/mol. The normalized spacial score (nSPS) is 8.08. The molecule has 0 aliphatic heterocycles. The Morgan fingerprint density at radius 1 is 1.00 bits per heavy atom. The standard InChI is InChI=1S/C6H3F3.2ClH.Zn/c7-4-2-1-3-5(8)6(4)9;;;/h1-3H;2*1H;/q;;;+2/p-2. The monoisotopic (exact) mass is 266 g/mol. The summed E-state index contributed by atoms with van der Waals surface area (Å²) in [6.45, 7) is 0. The summed E-state index contributed by atoms with van der Waals surface area (Å²) in [4.78, 5) is 0. The molecule has 6 heteroatoms. The van der Waals surface area contributed by atoms with Crippen LogP contribution in [0.2, 0.25) is 0 Å². The molecule has 0 atom stereocenters. The van der Waals surface area contributed by atoms with Crippen LogP contribution in [-0.4, -0.2) is 0 Å². The van der Waals surface area contributed by atoms with Crippen LogP contribution in [0.25, 0.3) is 0 Å². The first kappa shape index (κ1) is 12.2. The Kier molecular flexibility index (Phi) is 6.82. The average Bonchev–Trinajstić information content (AvgIpc) is 2.02. The molecule has 1 aromatic rings. The van der Waals surface area contributed by atoms with Crippen molar-refractivity contribution in [1.29, 1.82) is 0 Å². The molecule has 0 aliphatic rings. The van der Waals surface area contributed by atoms with Crippen LogP contribution in [0.15, 0.2) is 18.2 Å². The Labute approximate surface area is 83.4 Å². The third-order valence-electron chi connectivity index (χ3n) is 0.904. The van der Waals surface area contributed by atoms with Gasteiger partial charge in [0.2, 0.25) is 0 Å². The van der Waals surface area contributed by atoms with Crippen LogP contribution in [-0.2, 0) is 15.1 Å². The van der Waals surface area contributed by atoms with Crippen LogP contribution >= 0.6 is 19.4 Å². The Bertz CT molecular complexity index is 224. The van der Waals surface area contributed by atoms with Crippen LogP contribution in [0.3, 0.4) is 0 Å². The molecule has 0 fully saturated rings. The molecule has 0 nitrogen and oxygen atoms in total. The molecule has 0 saturated heterocycles. The first-order valence-electron chi connectivity index (χ1n) is 2.85. The fraction of sp³-hybridized carbons (Fsp3) is 0. The minimum atomic E-state index is -1.42. The molecule has 0 amide bonds. The second-order valence-corrected chi connectivity index (χ2v) is 6.26. The van der Waals surface area contributed by atoms with Crippen molar-refractivity contribution in [2.24, 2.45) is 0 Å². The van der Waals surface area contributed by atoms with Gasteiger partial charge >= 0.3 is 34.5 Å². The van der Waals surface area contributed by atoms with E-state index in [1.807, 2.05) is 0 Å². The summed E-state index contributed by atoms with van der Waals surface area (Å²) in [6, 6.07) is 2.82. The number of halogens is 5. The van der Waals surface area contributed by atoms with E-state index in [2.05, 4.69) is 0 Å². The van der Waals surface area contributed by atoms with Gasteiger partial charge in [0.05, 0.1) is 0 Å². The van der Waals surface area contributed by atoms with Crippen molar-refractivity contribution in [3.8, 4) is 0 Å². The number of benzene rings is 1.